The summed E-state index contributed by atoms with van der Waals surface area (Å²) in [5.41, 5.74) is 8.34. The average molecular weight is 267 g/mol. The molecule has 2 N–H and O–H groups in total. The minimum atomic E-state index is 0.284. The molecule has 18 heavy (non-hydrogen) atoms. The molecule has 1 fully saturated rings. The van der Waals surface area contributed by atoms with Gasteiger partial charge in [-0.15, -0.1) is 0 Å². The van der Waals surface area contributed by atoms with Crippen molar-refractivity contribution in [3.63, 3.8) is 0 Å². The smallest absolute Gasteiger partial charge is 0.0470 e. The first-order chi connectivity index (χ1) is 8.63. The van der Waals surface area contributed by atoms with Crippen LogP contribution in [0.5, 0.6) is 0 Å². The van der Waals surface area contributed by atoms with Crippen LogP contribution >= 0.6 is 11.6 Å². The maximum Gasteiger partial charge on any atom is 0.0470 e. The Kier molecular flexibility index (Phi) is 4.66. The van der Waals surface area contributed by atoms with E-state index < -0.39 is 0 Å². The Morgan fingerprint density at radius 3 is 2.61 bits per heavy atom. The van der Waals surface area contributed by atoms with Crippen LogP contribution in [0.2, 0.25) is 5.02 Å². The van der Waals surface area contributed by atoms with Gasteiger partial charge in [-0.1, -0.05) is 36.6 Å². The molecule has 1 aromatic carbocycles. The first kappa shape index (κ1) is 13.9. The molecule has 0 bridgehead atoms. The van der Waals surface area contributed by atoms with Crippen LogP contribution in [0.3, 0.4) is 0 Å². The zero-order valence-electron chi connectivity index (χ0n) is 11.3. The van der Waals surface area contributed by atoms with Crippen molar-refractivity contribution in [2.24, 2.45) is 5.73 Å². The predicted molar refractivity (Wildman–Crippen MR) is 78.0 cm³/mol. The van der Waals surface area contributed by atoms with Gasteiger partial charge in [0.1, 0.15) is 0 Å². The monoisotopic (exact) mass is 266 g/mol. The SMILES string of the molecule is Cc1ccc(C(CN)N(C)C2CCCC2)cc1Cl. The zero-order valence-corrected chi connectivity index (χ0v) is 12.1. The lowest BCUT2D eigenvalue weighted by molar-refractivity contribution is 0.179. The van der Waals surface area contributed by atoms with Crippen LogP contribution in [0.4, 0.5) is 0 Å². The lowest BCUT2D eigenvalue weighted by Gasteiger charge is -2.32. The van der Waals surface area contributed by atoms with Crippen LogP contribution in [0.15, 0.2) is 18.2 Å². The summed E-state index contributed by atoms with van der Waals surface area (Å²) in [6, 6.07) is 7.28. The van der Waals surface area contributed by atoms with Crippen molar-refractivity contribution in [3.05, 3.63) is 34.3 Å². The molecule has 0 amide bonds. The van der Waals surface area contributed by atoms with Crippen molar-refractivity contribution in [2.75, 3.05) is 13.6 Å². The second-order valence-electron chi connectivity index (χ2n) is 5.36. The van der Waals surface area contributed by atoms with Gasteiger partial charge in [0, 0.05) is 23.7 Å². The number of nitrogens with two attached hydrogens (primary N) is 1. The van der Waals surface area contributed by atoms with Gasteiger partial charge in [-0.05, 0) is 44.0 Å². The fourth-order valence-electron chi connectivity index (χ4n) is 2.92. The van der Waals surface area contributed by atoms with Crippen molar-refractivity contribution >= 4 is 11.6 Å². The Balaban J connectivity index is 2.18. The fraction of sp³-hybridized carbons (Fsp3) is 0.600. The Morgan fingerprint density at radius 1 is 1.39 bits per heavy atom. The third-order valence-electron chi connectivity index (χ3n) is 4.20. The molecule has 1 saturated carbocycles. The van der Waals surface area contributed by atoms with Gasteiger partial charge in [0.05, 0.1) is 0 Å². The van der Waals surface area contributed by atoms with Gasteiger partial charge < -0.3 is 5.73 Å². The third kappa shape index (κ3) is 2.87. The topological polar surface area (TPSA) is 29.3 Å². The molecular weight excluding hydrogens is 244 g/mol. The lowest BCUT2D eigenvalue weighted by atomic mass is 10.0. The quantitative estimate of drug-likeness (QED) is 0.904. The van der Waals surface area contributed by atoms with E-state index >= 15 is 0 Å². The van der Waals surface area contributed by atoms with E-state index in [4.69, 9.17) is 17.3 Å². The normalized spacial score (nSPS) is 18.5. The summed E-state index contributed by atoms with van der Waals surface area (Å²) in [4.78, 5) is 2.44. The number of benzene rings is 1. The Labute approximate surface area is 115 Å². The summed E-state index contributed by atoms with van der Waals surface area (Å²) in [5.74, 6) is 0. The molecule has 2 rings (SSSR count). The largest absolute Gasteiger partial charge is 0.329 e. The summed E-state index contributed by atoms with van der Waals surface area (Å²) < 4.78 is 0. The molecule has 100 valence electrons. The molecule has 1 unspecified atom stereocenters. The maximum atomic E-state index is 6.22. The fourth-order valence-corrected chi connectivity index (χ4v) is 3.11. The average Bonchev–Trinajstić information content (AvgIpc) is 2.88. The van der Waals surface area contributed by atoms with Gasteiger partial charge >= 0.3 is 0 Å². The van der Waals surface area contributed by atoms with E-state index in [1.54, 1.807) is 0 Å². The Bertz CT molecular complexity index is 399. The van der Waals surface area contributed by atoms with Gasteiger partial charge in [-0.3, -0.25) is 4.90 Å². The molecule has 0 radical (unpaired) electrons. The second kappa shape index (κ2) is 6.05. The van der Waals surface area contributed by atoms with Crippen LogP contribution in [-0.4, -0.2) is 24.5 Å². The molecule has 2 nitrogen and oxygen atoms in total. The van der Waals surface area contributed by atoms with Gasteiger partial charge in [-0.2, -0.15) is 0 Å². The van der Waals surface area contributed by atoms with E-state index in [-0.39, 0.29) is 6.04 Å². The van der Waals surface area contributed by atoms with Crippen LogP contribution < -0.4 is 5.73 Å². The van der Waals surface area contributed by atoms with Gasteiger partial charge in [0.25, 0.3) is 0 Å². The van der Waals surface area contributed by atoms with Crippen molar-refractivity contribution in [1.82, 2.24) is 4.90 Å². The predicted octanol–water partition coefficient (Wildman–Crippen LogP) is 3.52. The summed E-state index contributed by atoms with van der Waals surface area (Å²) in [6.45, 7) is 2.68. The molecule has 0 aromatic heterocycles. The third-order valence-corrected chi connectivity index (χ3v) is 4.60. The number of rotatable bonds is 4. The van der Waals surface area contributed by atoms with Crippen LogP contribution in [0.25, 0.3) is 0 Å². The first-order valence-corrected chi connectivity index (χ1v) is 7.19. The summed E-state index contributed by atoms with van der Waals surface area (Å²) in [7, 11) is 2.20. The Morgan fingerprint density at radius 2 is 2.06 bits per heavy atom. The van der Waals surface area contributed by atoms with E-state index in [0.717, 1.165) is 10.6 Å². The van der Waals surface area contributed by atoms with E-state index in [1.807, 2.05) is 6.92 Å². The van der Waals surface area contributed by atoms with Gasteiger partial charge in [0.15, 0.2) is 0 Å². The first-order valence-electron chi connectivity index (χ1n) is 6.81. The highest BCUT2D eigenvalue weighted by Gasteiger charge is 2.25. The molecule has 3 heteroatoms. The molecule has 0 saturated heterocycles. The van der Waals surface area contributed by atoms with Crippen molar-refractivity contribution < 1.29 is 0 Å². The van der Waals surface area contributed by atoms with Crippen LogP contribution in [0.1, 0.15) is 42.9 Å². The maximum absolute atomic E-state index is 6.22. The van der Waals surface area contributed by atoms with Crippen LogP contribution in [0, 0.1) is 6.92 Å². The number of hydrogen-bond acceptors (Lipinski definition) is 2. The Hall–Kier alpha value is -0.570. The van der Waals surface area contributed by atoms with Gasteiger partial charge in [0.2, 0.25) is 0 Å². The van der Waals surface area contributed by atoms with Gasteiger partial charge in [-0.25, -0.2) is 0 Å². The summed E-state index contributed by atoms with van der Waals surface area (Å²) >= 11 is 6.22. The van der Waals surface area contributed by atoms with E-state index in [0.29, 0.717) is 12.6 Å². The molecular formula is C15H23ClN2. The number of aryl methyl sites for hydroxylation is 1. The molecule has 1 aliphatic rings. The van der Waals surface area contributed by atoms with Crippen LogP contribution in [-0.2, 0) is 0 Å². The summed E-state index contributed by atoms with van der Waals surface area (Å²) in [6.07, 6.45) is 5.29. The highest BCUT2D eigenvalue weighted by Crippen LogP contribution is 2.30. The highest BCUT2D eigenvalue weighted by atomic mass is 35.5. The number of hydrogen-bond donors (Lipinski definition) is 1. The number of nitrogens with zero attached hydrogens (tertiary/aromatic N) is 1. The number of likely N-dealkylation sites (N-methyl/N-ethyl adjacent to an activating group) is 1. The standard InChI is InChI=1S/C15H23ClN2/c1-11-7-8-12(9-14(11)16)15(10-17)18(2)13-5-3-4-6-13/h7-9,13,15H,3-6,10,17H2,1-2H3. The van der Waals surface area contributed by atoms with Crippen molar-refractivity contribution in [2.45, 2.75) is 44.7 Å². The molecule has 0 spiro atoms. The summed E-state index contributed by atoms with van der Waals surface area (Å²) in [5, 5.41) is 0.839. The molecule has 1 atom stereocenters. The van der Waals surface area contributed by atoms with Crippen molar-refractivity contribution in [3.8, 4) is 0 Å². The molecule has 0 heterocycles. The molecule has 0 aliphatic heterocycles. The minimum Gasteiger partial charge on any atom is -0.329 e. The molecule has 1 aromatic rings. The minimum absolute atomic E-state index is 0.284. The van der Waals surface area contributed by atoms with E-state index in [2.05, 4.69) is 30.1 Å². The number of halogens is 1. The second-order valence-corrected chi connectivity index (χ2v) is 5.77. The van der Waals surface area contributed by atoms with E-state index in [9.17, 15) is 0 Å². The molecule has 1 aliphatic carbocycles. The lowest BCUT2D eigenvalue weighted by Crippen LogP contribution is -2.37. The van der Waals surface area contributed by atoms with E-state index in [1.165, 1.54) is 31.2 Å². The van der Waals surface area contributed by atoms with Crippen molar-refractivity contribution in [1.29, 1.82) is 0 Å². The highest BCUT2D eigenvalue weighted by molar-refractivity contribution is 6.31. The zero-order chi connectivity index (χ0) is 13.1.